The molecular formula is C61H110O6. The summed E-state index contributed by atoms with van der Waals surface area (Å²) in [6.45, 7) is 6.55. The minimum absolute atomic E-state index is 0.0748. The molecule has 0 aromatic rings. The van der Waals surface area contributed by atoms with Gasteiger partial charge in [0, 0.05) is 19.3 Å². The van der Waals surface area contributed by atoms with Crippen LogP contribution in [0.3, 0.4) is 0 Å². The summed E-state index contributed by atoms with van der Waals surface area (Å²) < 4.78 is 16.9. The molecule has 0 aromatic heterocycles. The van der Waals surface area contributed by atoms with Crippen molar-refractivity contribution in [3.63, 3.8) is 0 Å². The van der Waals surface area contributed by atoms with Crippen LogP contribution in [-0.4, -0.2) is 37.2 Å². The van der Waals surface area contributed by atoms with E-state index >= 15 is 0 Å². The zero-order valence-corrected chi connectivity index (χ0v) is 44.7. The van der Waals surface area contributed by atoms with E-state index in [2.05, 4.69) is 69.4 Å². The van der Waals surface area contributed by atoms with Crippen molar-refractivity contribution in [3.8, 4) is 0 Å². The van der Waals surface area contributed by atoms with E-state index in [1.54, 1.807) is 0 Å². The maximum atomic E-state index is 12.9. The van der Waals surface area contributed by atoms with E-state index in [1.807, 2.05) is 0 Å². The second kappa shape index (κ2) is 56.0. The smallest absolute Gasteiger partial charge is 0.306 e. The zero-order chi connectivity index (χ0) is 48.6. The van der Waals surface area contributed by atoms with Crippen molar-refractivity contribution in [1.29, 1.82) is 0 Å². The van der Waals surface area contributed by atoms with Crippen molar-refractivity contribution in [2.75, 3.05) is 13.2 Å². The molecule has 0 saturated carbocycles. The number of hydrogen-bond acceptors (Lipinski definition) is 6. The van der Waals surface area contributed by atoms with Crippen molar-refractivity contribution < 1.29 is 28.6 Å². The molecule has 0 bridgehead atoms. The summed E-state index contributed by atoms with van der Waals surface area (Å²) in [5, 5.41) is 0. The molecule has 0 aromatic carbocycles. The van der Waals surface area contributed by atoms with E-state index in [0.717, 1.165) is 83.5 Å². The third-order valence-electron chi connectivity index (χ3n) is 12.8. The van der Waals surface area contributed by atoms with Crippen molar-refractivity contribution in [2.24, 2.45) is 0 Å². The molecule has 0 saturated heterocycles. The number of carbonyl (C=O) groups is 3. The molecule has 0 N–H and O–H groups in total. The predicted molar refractivity (Wildman–Crippen MR) is 289 cm³/mol. The van der Waals surface area contributed by atoms with Gasteiger partial charge >= 0.3 is 17.9 Å². The Kier molecular flexibility index (Phi) is 53.8. The highest BCUT2D eigenvalue weighted by Crippen LogP contribution is 2.16. The number of carbonyl (C=O) groups excluding carboxylic acids is 3. The van der Waals surface area contributed by atoms with E-state index < -0.39 is 6.10 Å². The van der Waals surface area contributed by atoms with E-state index in [9.17, 15) is 14.4 Å². The Morgan fingerprint density at radius 2 is 0.582 bits per heavy atom. The summed E-state index contributed by atoms with van der Waals surface area (Å²) in [6, 6.07) is 0. The van der Waals surface area contributed by atoms with Crippen LogP contribution in [0.5, 0.6) is 0 Å². The monoisotopic (exact) mass is 939 g/mol. The molecule has 0 fully saturated rings. The predicted octanol–water partition coefficient (Wildman–Crippen LogP) is 19.4. The van der Waals surface area contributed by atoms with Crippen LogP contribution >= 0.6 is 0 Å². The van der Waals surface area contributed by atoms with Gasteiger partial charge in [0.1, 0.15) is 13.2 Å². The topological polar surface area (TPSA) is 78.9 Å². The number of ether oxygens (including phenoxy) is 3. The Morgan fingerprint density at radius 3 is 0.925 bits per heavy atom. The van der Waals surface area contributed by atoms with Crippen LogP contribution in [0, 0.1) is 0 Å². The molecule has 1 atom stereocenters. The largest absolute Gasteiger partial charge is 0.462 e. The first kappa shape index (κ1) is 64.4. The van der Waals surface area contributed by atoms with E-state index in [4.69, 9.17) is 14.2 Å². The van der Waals surface area contributed by atoms with Crippen LogP contribution in [0.1, 0.15) is 303 Å². The van der Waals surface area contributed by atoms with Gasteiger partial charge in [-0.05, 0) is 77.0 Å². The number of esters is 3. The number of allylic oxidation sites excluding steroid dienone is 8. The van der Waals surface area contributed by atoms with Gasteiger partial charge in [0.25, 0.3) is 0 Å². The van der Waals surface area contributed by atoms with Gasteiger partial charge in [-0.25, -0.2) is 0 Å². The zero-order valence-electron chi connectivity index (χ0n) is 44.7. The molecular weight excluding hydrogens is 829 g/mol. The fraction of sp³-hybridized carbons (Fsp3) is 0.820. The van der Waals surface area contributed by atoms with Gasteiger partial charge < -0.3 is 14.2 Å². The third-order valence-corrected chi connectivity index (χ3v) is 12.8. The van der Waals surface area contributed by atoms with E-state index in [0.29, 0.717) is 19.3 Å². The summed E-state index contributed by atoms with van der Waals surface area (Å²) in [4.78, 5) is 38.2. The van der Waals surface area contributed by atoms with Crippen LogP contribution < -0.4 is 0 Å². The highest BCUT2D eigenvalue weighted by atomic mass is 16.6. The lowest BCUT2D eigenvalue weighted by molar-refractivity contribution is -0.167. The maximum absolute atomic E-state index is 12.9. The van der Waals surface area contributed by atoms with Gasteiger partial charge in [-0.15, -0.1) is 0 Å². The van der Waals surface area contributed by atoms with Crippen molar-refractivity contribution in [2.45, 2.75) is 309 Å². The Bertz CT molecular complexity index is 1170. The Balaban J connectivity index is 4.37. The molecule has 0 radical (unpaired) electrons. The van der Waals surface area contributed by atoms with Crippen LogP contribution in [0.25, 0.3) is 0 Å². The molecule has 0 aliphatic heterocycles. The lowest BCUT2D eigenvalue weighted by Crippen LogP contribution is -2.30. The van der Waals surface area contributed by atoms with Gasteiger partial charge in [0.05, 0.1) is 0 Å². The van der Waals surface area contributed by atoms with Gasteiger partial charge in [-0.3, -0.25) is 14.4 Å². The molecule has 0 aliphatic rings. The molecule has 6 nitrogen and oxygen atoms in total. The number of unbranched alkanes of at least 4 members (excludes halogenated alkanes) is 34. The fourth-order valence-corrected chi connectivity index (χ4v) is 8.45. The molecule has 390 valence electrons. The highest BCUT2D eigenvalue weighted by Gasteiger charge is 2.19. The van der Waals surface area contributed by atoms with Crippen LogP contribution in [0.4, 0.5) is 0 Å². The first-order valence-corrected chi connectivity index (χ1v) is 29.1. The van der Waals surface area contributed by atoms with Gasteiger partial charge in [-0.2, -0.15) is 0 Å². The second-order valence-corrected chi connectivity index (χ2v) is 19.5. The molecule has 67 heavy (non-hydrogen) atoms. The Morgan fingerprint density at radius 1 is 0.313 bits per heavy atom. The minimum atomic E-state index is -0.777. The molecule has 0 aliphatic carbocycles. The third kappa shape index (κ3) is 54.2. The van der Waals surface area contributed by atoms with Crippen molar-refractivity contribution >= 4 is 17.9 Å². The fourth-order valence-electron chi connectivity index (χ4n) is 8.45. The SMILES string of the molecule is CC/C=C\C/C=C\C/C=C\CCCCCCCCCC(=O)OCC(COC(=O)CCCCCCCCCCCCCCCCC)OC(=O)CCCCCCCCC/C=C\CCCCCCCC. The quantitative estimate of drug-likeness (QED) is 0.0262. The molecule has 1 unspecified atom stereocenters. The molecule has 0 heterocycles. The van der Waals surface area contributed by atoms with Gasteiger partial charge in [0.15, 0.2) is 6.10 Å². The van der Waals surface area contributed by atoms with Gasteiger partial charge in [-0.1, -0.05) is 256 Å². The summed E-state index contributed by atoms with van der Waals surface area (Å²) in [6.07, 6.45) is 68.1. The first-order valence-electron chi connectivity index (χ1n) is 29.1. The van der Waals surface area contributed by atoms with Crippen molar-refractivity contribution in [3.05, 3.63) is 48.6 Å². The molecule has 0 spiro atoms. The maximum Gasteiger partial charge on any atom is 0.306 e. The average Bonchev–Trinajstić information content (AvgIpc) is 3.33. The van der Waals surface area contributed by atoms with Crippen LogP contribution in [0.2, 0.25) is 0 Å². The minimum Gasteiger partial charge on any atom is -0.462 e. The molecule has 0 rings (SSSR count). The average molecular weight is 940 g/mol. The molecule has 0 amide bonds. The van der Waals surface area contributed by atoms with E-state index in [1.165, 1.54) is 180 Å². The van der Waals surface area contributed by atoms with Crippen LogP contribution in [-0.2, 0) is 28.6 Å². The lowest BCUT2D eigenvalue weighted by atomic mass is 10.0. The standard InChI is InChI=1S/C61H110O6/c1-4-7-10-13-16-19-22-25-28-30-33-36-39-42-45-48-51-54-60(63)66-57-58(56-65-59(62)53-50-47-44-41-38-35-32-27-24-21-18-15-12-9-6-3)67-61(64)55-52-49-46-43-40-37-34-31-29-26-23-20-17-14-11-8-5-2/h7,10,16,19,25-26,28-29,58H,4-6,8-9,11-15,17-18,20-24,27,30-57H2,1-3H3/b10-7-,19-16-,28-25-,29-26-. The highest BCUT2D eigenvalue weighted by molar-refractivity contribution is 5.71. The molecule has 6 heteroatoms. The number of rotatable bonds is 53. The lowest BCUT2D eigenvalue weighted by Gasteiger charge is -2.18. The van der Waals surface area contributed by atoms with Crippen LogP contribution in [0.15, 0.2) is 48.6 Å². The summed E-state index contributed by atoms with van der Waals surface area (Å²) in [5.74, 6) is -0.874. The van der Waals surface area contributed by atoms with Crippen molar-refractivity contribution in [1.82, 2.24) is 0 Å². The Labute approximate surface area is 416 Å². The second-order valence-electron chi connectivity index (χ2n) is 19.5. The van der Waals surface area contributed by atoms with Gasteiger partial charge in [0.2, 0.25) is 0 Å². The normalized spacial score (nSPS) is 12.3. The summed E-state index contributed by atoms with van der Waals surface area (Å²) in [5.41, 5.74) is 0. The first-order chi connectivity index (χ1) is 33.0. The van der Waals surface area contributed by atoms with E-state index in [-0.39, 0.29) is 31.1 Å². The Hall–Kier alpha value is -2.63. The summed E-state index contributed by atoms with van der Waals surface area (Å²) in [7, 11) is 0. The summed E-state index contributed by atoms with van der Waals surface area (Å²) >= 11 is 0. The number of hydrogen-bond donors (Lipinski definition) is 0.